The third kappa shape index (κ3) is 3.74. The molecule has 1 unspecified atom stereocenters. The number of hydrogen-bond acceptors (Lipinski definition) is 4. The van der Waals surface area contributed by atoms with Gasteiger partial charge in [-0.3, -0.25) is 4.79 Å². The van der Waals surface area contributed by atoms with Crippen LogP contribution in [0.5, 0.6) is 0 Å². The summed E-state index contributed by atoms with van der Waals surface area (Å²) in [4.78, 5) is 11.0. The lowest BCUT2D eigenvalue weighted by molar-refractivity contribution is -0.191. The summed E-state index contributed by atoms with van der Waals surface area (Å²) >= 11 is 0. The Morgan fingerprint density at radius 1 is 1.53 bits per heavy atom. The van der Waals surface area contributed by atoms with Gasteiger partial charge in [-0.15, -0.1) is 0 Å². The van der Waals surface area contributed by atoms with Crippen molar-refractivity contribution in [2.45, 2.75) is 44.7 Å². The van der Waals surface area contributed by atoms with Gasteiger partial charge in [-0.05, 0) is 30.3 Å². The summed E-state index contributed by atoms with van der Waals surface area (Å²) in [5.41, 5.74) is 0. The number of hydrogen-bond donors (Lipinski definition) is 1. The van der Waals surface area contributed by atoms with Crippen molar-refractivity contribution in [2.24, 2.45) is 0 Å². The average molecular weight is 258 g/mol. The first-order valence-corrected chi connectivity index (χ1v) is 8.69. The van der Waals surface area contributed by atoms with Crippen molar-refractivity contribution in [3.63, 3.8) is 0 Å². The molecule has 0 aliphatic carbocycles. The van der Waals surface area contributed by atoms with Crippen molar-refractivity contribution >= 4 is 14.1 Å². The highest BCUT2D eigenvalue weighted by Crippen LogP contribution is 2.37. The Labute approximate surface area is 104 Å². The first-order valence-electron chi connectivity index (χ1n) is 5.78. The number of ether oxygens (including phenoxy) is 1. The molecule has 0 saturated carbocycles. The number of carbonyl (C=O) groups is 1. The quantitative estimate of drug-likeness (QED) is 0.785. The molecule has 0 bridgehead atoms. The highest BCUT2D eigenvalue weighted by atomic mass is 28.4. The smallest absolute Gasteiger partial charge is 0.209 e. The number of ketones is 1. The summed E-state index contributed by atoms with van der Waals surface area (Å²) in [7, 11) is -1.91. The van der Waals surface area contributed by atoms with E-state index < -0.39 is 14.1 Å². The van der Waals surface area contributed by atoms with E-state index in [9.17, 15) is 9.90 Å². The van der Waals surface area contributed by atoms with Crippen LogP contribution in [0.1, 0.15) is 20.8 Å². The molecular weight excluding hydrogens is 236 g/mol. The highest BCUT2D eigenvalue weighted by molar-refractivity contribution is 6.74. The predicted molar refractivity (Wildman–Crippen MR) is 68.2 cm³/mol. The molecule has 4 nitrogen and oxygen atoms in total. The minimum absolute atomic E-state index is 0.0767. The lowest BCUT2D eigenvalue weighted by Gasteiger charge is -2.38. The first-order chi connectivity index (χ1) is 7.56. The van der Waals surface area contributed by atoms with E-state index in [1.54, 1.807) is 0 Å². The Hall–Kier alpha value is -0.493. The van der Waals surface area contributed by atoms with E-state index in [2.05, 4.69) is 33.9 Å². The van der Waals surface area contributed by atoms with Gasteiger partial charge in [0.2, 0.25) is 5.79 Å². The molecule has 17 heavy (non-hydrogen) atoms. The third-order valence-electron chi connectivity index (χ3n) is 3.44. The Morgan fingerprint density at radius 2 is 2.12 bits per heavy atom. The molecule has 0 amide bonds. The van der Waals surface area contributed by atoms with Gasteiger partial charge in [0.15, 0.2) is 14.1 Å². The zero-order valence-corrected chi connectivity index (χ0v) is 12.2. The van der Waals surface area contributed by atoms with Crippen LogP contribution >= 0.6 is 0 Å². The van der Waals surface area contributed by atoms with Gasteiger partial charge in [0.25, 0.3) is 0 Å². The van der Waals surface area contributed by atoms with Crippen molar-refractivity contribution in [3.05, 3.63) is 12.2 Å². The summed E-state index contributed by atoms with van der Waals surface area (Å²) in [5, 5.41) is 10.1. The normalized spacial score (nSPS) is 26.4. The van der Waals surface area contributed by atoms with E-state index in [0.29, 0.717) is 0 Å². The maximum absolute atomic E-state index is 11.0. The van der Waals surface area contributed by atoms with E-state index in [1.807, 2.05) is 0 Å². The maximum atomic E-state index is 11.0. The lowest BCUT2D eigenvalue weighted by Crippen LogP contribution is -2.48. The fourth-order valence-electron chi connectivity index (χ4n) is 1.11. The van der Waals surface area contributed by atoms with Crippen molar-refractivity contribution in [2.75, 3.05) is 13.2 Å². The predicted octanol–water partition coefficient (Wildman–Crippen LogP) is 1.85. The summed E-state index contributed by atoms with van der Waals surface area (Å²) in [5.74, 6) is -1.59. The van der Waals surface area contributed by atoms with E-state index >= 15 is 0 Å². The molecule has 5 heteroatoms. The molecule has 0 aromatic rings. The summed E-state index contributed by atoms with van der Waals surface area (Å²) in [6, 6.07) is 0. The van der Waals surface area contributed by atoms with Gasteiger partial charge in [0.1, 0.15) is 6.61 Å². The molecule has 0 radical (unpaired) electrons. The Morgan fingerprint density at radius 3 is 2.53 bits per heavy atom. The Kier molecular flexibility index (Phi) is 3.98. The molecule has 1 rings (SSSR count). The zero-order valence-electron chi connectivity index (χ0n) is 11.2. The van der Waals surface area contributed by atoms with Crippen LogP contribution in [0.3, 0.4) is 0 Å². The van der Waals surface area contributed by atoms with Crippen LogP contribution in [0.15, 0.2) is 12.2 Å². The topological polar surface area (TPSA) is 55.8 Å². The lowest BCUT2D eigenvalue weighted by atomic mass is 10.2. The fraction of sp³-hybridized carbons (Fsp3) is 0.750. The van der Waals surface area contributed by atoms with Crippen molar-refractivity contribution in [3.8, 4) is 0 Å². The van der Waals surface area contributed by atoms with Crippen LogP contribution in [0.25, 0.3) is 0 Å². The van der Waals surface area contributed by atoms with E-state index in [1.165, 1.54) is 12.2 Å². The SMILES string of the molecule is CC(C)(C)[Si](C)(C)OCC1(O)C=CC(=O)CO1. The molecule has 1 aliphatic heterocycles. The van der Waals surface area contributed by atoms with Gasteiger partial charge in [0.05, 0.1) is 6.61 Å². The first kappa shape index (κ1) is 14.6. The second-order valence-electron chi connectivity index (χ2n) is 5.98. The minimum Gasteiger partial charge on any atom is -0.411 e. The largest absolute Gasteiger partial charge is 0.411 e. The fourth-order valence-corrected chi connectivity index (χ4v) is 2.11. The summed E-state index contributed by atoms with van der Waals surface area (Å²) in [6.45, 7) is 10.6. The number of carbonyl (C=O) groups excluding carboxylic acids is 1. The van der Waals surface area contributed by atoms with Gasteiger partial charge in [-0.25, -0.2) is 0 Å². The molecule has 0 fully saturated rings. The number of rotatable bonds is 3. The zero-order chi connectivity index (χ0) is 13.3. The molecule has 1 atom stereocenters. The molecule has 1 heterocycles. The van der Waals surface area contributed by atoms with Crippen molar-refractivity contribution < 1.29 is 19.1 Å². The van der Waals surface area contributed by atoms with Gasteiger partial charge in [0, 0.05) is 0 Å². The molecule has 98 valence electrons. The average Bonchev–Trinajstić information content (AvgIpc) is 2.19. The molecule has 1 N–H and O–H groups in total. The van der Waals surface area contributed by atoms with Crippen molar-refractivity contribution in [1.82, 2.24) is 0 Å². The van der Waals surface area contributed by atoms with Crippen LogP contribution in [0.4, 0.5) is 0 Å². The third-order valence-corrected chi connectivity index (χ3v) is 7.92. The van der Waals surface area contributed by atoms with E-state index in [0.717, 1.165) is 0 Å². The highest BCUT2D eigenvalue weighted by Gasteiger charge is 2.40. The van der Waals surface area contributed by atoms with Crippen molar-refractivity contribution in [1.29, 1.82) is 0 Å². The molecule has 1 aliphatic rings. The van der Waals surface area contributed by atoms with Crippen LogP contribution in [-0.4, -0.2) is 38.2 Å². The standard InChI is InChI=1S/C12H22O4Si/c1-11(2,3)17(4,5)16-9-12(14)7-6-10(13)8-15-12/h6-7,14H,8-9H2,1-5H3. The monoisotopic (exact) mass is 258 g/mol. The second kappa shape index (κ2) is 4.64. The van der Waals surface area contributed by atoms with E-state index in [-0.39, 0.29) is 24.0 Å². The van der Waals surface area contributed by atoms with Crippen LogP contribution < -0.4 is 0 Å². The van der Waals surface area contributed by atoms with Crippen LogP contribution in [0, 0.1) is 0 Å². The number of aliphatic hydroxyl groups is 1. The van der Waals surface area contributed by atoms with Gasteiger partial charge >= 0.3 is 0 Å². The molecular formula is C12H22O4Si. The summed E-state index contributed by atoms with van der Waals surface area (Å²) < 4.78 is 11.0. The molecule has 0 saturated heterocycles. The second-order valence-corrected chi connectivity index (χ2v) is 10.8. The Balaban J connectivity index is 2.62. The molecule has 0 spiro atoms. The van der Waals surface area contributed by atoms with Crippen LogP contribution in [-0.2, 0) is 14.0 Å². The Bertz CT molecular complexity index is 330. The molecule has 0 aromatic heterocycles. The van der Waals surface area contributed by atoms with Gasteiger partial charge < -0.3 is 14.3 Å². The summed E-state index contributed by atoms with van der Waals surface area (Å²) in [6.07, 6.45) is 2.71. The minimum atomic E-state index is -1.91. The van der Waals surface area contributed by atoms with Crippen LogP contribution in [0.2, 0.25) is 18.1 Å². The molecule has 0 aromatic carbocycles. The maximum Gasteiger partial charge on any atom is 0.209 e. The van der Waals surface area contributed by atoms with Gasteiger partial charge in [-0.1, -0.05) is 20.8 Å². The van der Waals surface area contributed by atoms with E-state index in [4.69, 9.17) is 9.16 Å². The van der Waals surface area contributed by atoms with Gasteiger partial charge in [-0.2, -0.15) is 0 Å².